The zero-order valence-corrected chi connectivity index (χ0v) is 10.3. The van der Waals surface area contributed by atoms with Gasteiger partial charge in [-0.25, -0.2) is 0 Å². The van der Waals surface area contributed by atoms with Gasteiger partial charge in [0.05, 0.1) is 10.1 Å². The molecular weight excluding hydrogens is 217 g/mol. The molecule has 1 unspecified atom stereocenters. The van der Waals surface area contributed by atoms with Gasteiger partial charge in [0.25, 0.3) is 0 Å². The molecule has 0 rings (SSSR count). The molecule has 3 heteroatoms. The minimum atomic E-state index is 0.323. The molecule has 0 amide bonds. The van der Waals surface area contributed by atoms with Crippen LogP contribution in [0.1, 0.15) is 13.3 Å². The van der Waals surface area contributed by atoms with Crippen molar-refractivity contribution in [3.8, 4) is 0 Å². The Kier molecular flexibility index (Phi) is 6.98. The molecule has 14 heavy (non-hydrogen) atoms. The minimum absolute atomic E-state index is 0.323. The second kappa shape index (κ2) is 7.10. The van der Waals surface area contributed by atoms with Crippen LogP contribution < -0.4 is 5.32 Å². The predicted octanol–water partition coefficient (Wildman–Crippen LogP) is 3.66. The summed E-state index contributed by atoms with van der Waals surface area (Å²) in [6.07, 6.45) is 2.52. The van der Waals surface area contributed by atoms with Crippen molar-refractivity contribution in [2.24, 2.45) is 5.92 Å². The fraction of sp³-hybridized carbons (Fsp3) is 0.455. The molecule has 1 nitrogen and oxygen atoms in total. The van der Waals surface area contributed by atoms with Crippen LogP contribution in [0.4, 0.5) is 0 Å². The summed E-state index contributed by atoms with van der Waals surface area (Å²) < 4.78 is 0. The Bertz CT molecular complexity index is 244. The van der Waals surface area contributed by atoms with Crippen molar-refractivity contribution >= 4 is 23.2 Å². The quantitative estimate of drug-likeness (QED) is 0.691. The lowest BCUT2D eigenvalue weighted by Gasteiger charge is -2.14. The molecule has 0 saturated heterocycles. The molecule has 0 spiro atoms. The van der Waals surface area contributed by atoms with E-state index >= 15 is 0 Å². The van der Waals surface area contributed by atoms with Crippen LogP contribution in [-0.2, 0) is 0 Å². The van der Waals surface area contributed by atoms with E-state index in [2.05, 4.69) is 25.4 Å². The van der Waals surface area contributed by atoms with E-state index in [1.807, 2.05) is 7.05 Å². The first kappa shape index (κ1) is 13.8. The number of halogens is 2. The van der Waals surface area contributed by atoms with E-state index in [0.29, 0.717) is 16.0 Å². The third kappa shape index (κ3) is 4.32. The molecule has 80 valence electrons. The molecule has 1 atom stereocenters. The summed E-state index contributed by atoms with van der Waals surface area (Å²) in [6.45, 7) is 10.5. The highest BCUT2D eigenvalue weighted by molar-refractivity contribution is 6.41. The van der Waals surface area contributed by atoms with Gasteiger partial charge in [0, 0.05) is 0 Å². The summed E-state index contributed by atoms with van der Waals surface area (Å²) in [4.78, 5) is 0. The fourth-order valence-corrected chi connectivity index (χ4v) is 1.38. The van der Waals surface area contributed by atoms with Gasteiger partial charge in [-0.3, -0.25) is 0 Å². The molecule has 0 aliphatic heterocycles. The molecule has 0 aromatic rings. The second-order valence-electron chi connectivity index (χ2n) is 3.18. The van der Waals surface area contributed by atoms with E-state index in [-0.39, 0.29) is 0 Å². The Labute approximate surface area is 96.5 Å². The van der Waals surface area contributed by atoms with Gasteiger partial charge in [0.1, 0.15) is 0 Å². The first-order valence-electron chi connectivity index (χ1n) is 4.56. The van der Waals surface area contributed by atoms with Crippen LogP contribution in [-0.4, -0.2) is 13.6 Å². The Morgan fingerprint density at radius 1 is 1.50 bits per heavy atom. The SMILES string of the molecule is C=C/C(Cl)=C(/Cl)C(=C)C(C)CCNC. The molecule has 0 bridgehead atoms. The van der Waals surface area contributed by atoms with Crippen molar-refractivity contribution in [2.45, 2.75) is 13.3 Å². The number of nitrogens with one attached hydrogen (secondary N) is 1. The van der Waals surface area contributed by atoms with E-state index in [1.165, 1.54) is 6.08 Å². The molecule has 1 N–H and O–H groups in total. The van der Waals surface area contributed by atoms with Gasteiger partial charge in [-0.1, -0.05) is 43.3 Å². The lowest BCUT2D eigenvalue weighted by atomic mass is 9.98. The monoisotopic (exact) mass is 233 g/mol. The molecular formula is C11H17Cl2N. The van der Waals surface area contributed by atoms with Crippen molar-refractivity contribution in [1.82, 2.24) is 5.32 Å². The van der Waals surface area contributed by atoms with Crippen LogP contribution in [0.25, 0.3) is 0 Å². The fourth-order valence-electron chi connectivity index (χ4n) is 0.994. The van der Waals surface area contributed by atoms with Crippen molar-refractivity contribution in [2.75, 3.05) is 13.6 Å². The number of allylic oxidation sites excluding steroid dienone is 4. The third-order valence-corrected chi connectivity index (χ3v) is 2.98. The number of rotatable bonds is 6. The average Bonchev–Trinajstić information content (AvgIpc) is 2.22. The summed E-state index contributed by atoms with van der Waals surface area (Å²) in [5.41, 5.74) is 0.867. The molecule has 0 saturated carbocycles. The van der Waals surface area contributed by atoms with Gasteiger partial charge < -0.3 is 5.32 Å². The Morgan fingerprint density at radius 2 is 2.07 bits per heavy atom. The summed E-state index contributed by atoms with van der Waals surface area (Å²) in [6, 6.07) is 0. The molecule has 0 aliphatic carbocycles. The largest absolute Gasteiger partial charge is 0.320 e. The van der Waals surface area contributed by atoms with Crippen LogP contribution in [0.3, 0.4) is 0 Å². The minimum Gasteiger partial charge on any atom is -0.320 e. The van der Waals surface area contributed by atoms with Gasteiger partial charge >= 0.3 is 0 Å². The van der Waals surface area contributed by atoms with Crippen LogP contribution >= 0.6 is 23.2 Å². The van der Waals surface area contributed by atoms with Crippen LogP contribution in [0.15, 0.2) is 34.9 Å². The summed E-state index contributed by atoms with van der Waals surface area (Å²) in [7, 11) is 1.92. The van der Waals surface area contributed by atoms with Crippen molar-refractivity contribution < 1.29 is 0 Å². The normalized spacial score (nSPS) is 14.6. The summed E-state index contributed by atoms with van der Waals surface area (Å²) in [5, 5.41) is 4.07. The smallest absolute Gasteiger partial charge is 0.0620 e. The molecule has 0 aliphatic rings. The standard InChI is InChI=1S/C11H17Cl2N/c1-5-10(12)11(13)9(3)8(2)6-7-14-4/h5,8,14H,1,3,6-7H2,2,4H3/b11-10-. The van der Waals surface area contributed by atoms with Crippen LogP contribution in [0.5, 0.6) is 0 Å². The summed E-state index contributed by atoms with van der Waals surface area (Å²) in [5.74, 6) is 0.323. The van der Waals surface area contributed by atoms with E-state index < -0.39 is 0 Å². The molecule has 0 aromatic heterocycles. The van der Waals surface area contributed by atoms with E-state index in [4.69, 9.17) is 23.2 Å². The van der Waals surface area contributed by atoms with E-state index in [9.17, 15) is 0 Å². The highest BCUT2D eigenvalue weighted by Gasteiger charge is 2.11. The predicted molar refractivity (Wildman–Crippen MR) is 65.8 cm³/mol. The van der Waals surface area contributed by atoms with Gasteiger partial charge in [-0.15, -0.1) is 0 Å². The zero-order valence-electron chi connectivity index (χ0n) is 8.74. The molecule has 0 aromatic carbocycles. The maximum atomic E-state index is 6.01. The zero-order chi connectivity index (χ0) is 11.1. The number of hydrogen-bond acceptors (Lipinski definition) is 1. The van der Waals surface area contributed by atoms with Gasteiger partial charge in [-0.2, -0.15) is 0 Å². The van der Waals surface area contributed by atoms with Crippen molar-refractivity contribution in [3.63, 3.8) is 0 Å². The third-order valence-electron chi connectivity index (χ3n) is 2.09. The topological polar surface area (TPSA) is 12.0 Å². The second-order valence-corrected chi connectivity index (χ2v) is 3.97. The molecule has 0 radical (unpaired) electrons. The average molecular weight is 234 g/mol. The summed E-state index contributed by atoms with van der Waals surface area (Å²) >= 11 is 11.9. The highest BCUT2D eigenvalue weighted by Crippen LogP contribution is 2.28. The van der Waals surface area contributed by atoms with Crippen LogP contribution in [0.2, 0.25) is 0 Å². The lowest BCUT2D eigenvalue weighted by molar-refractivity contribution is 0.593. The lowest BCUT2D eigenvalue weighted by Crippen LogP contribution is -2.12. The van der Waals surface area contributed by atoms with E-state index in [0.717, 1.165) is 18.5 Å². The van der Waals surface area contributed by atoms with Gasteiger partial charge in [-0.05, 0) is 37.6 Å². The van der Waals surface area contributed by atoms with Gasteiger partial charge in [0.15, 0.2) is 0 Å². The number of hydrogen-bond donors (Lipinski definition) is 1. The van der Waals surface area contributed by atoms with Crippen molar-refractivity contribution in [1.29, 1.82) is 0 Å². The maximum Gasteiger partial charge on any atom is 0.0620 e. The van der Waals surface area contributed by atoms with Gasteiger partial charge in [0.2, 0.25) is 0 Å². The Hall–Kier alpha value is -0.240. The Morgan fingerprint density at radius 3 is 2.50 bits per heavy atom. The maximum absolute atomic E-state index is 6.01. The molecule has 0 fully saturated rings. The highest BCUT2D eigenvalue weighted by atomic mass is 35.5. The first-order chi connectivity index (χ1) is 6.54. The van der Waals surface area contributed by atoms with E-state index in [1.54, 1.807) is 0 Å². The van der Waals surface area contributed by atoms with Crippen molar-refractivity contribution in [3.05, 3.63) is 34.9 Å². The Balaban J connectivity index is 4.39. The first-order valence-corrected chi connectivity index (χ1v) is 5.31. The molecule has 0 heterocycles. The van der Waals surface area contributed by atoms with Crippen LogP contribution in [0, 0.1) is 5.92 Å².